The van der Waals surface area contributed by atoms with Crippen molar-refractivity contribution in [3.8, 4) is 11.5 Å². The van der Waals surface area contributed by atoms with E-state index in [1.54, 1.807) is 12.1 Å². The van der Waals surface area contributed by atoms with Gasteiger partial charge in [0.25, 0.3) is 0 Å². The van der Waals surface area contributed by atoms with E-state index in [0.29, 0.717) is 25.0 Å². The molecule has 4 nitrogen and oxygen atoms in total. The number of nitrogens with zero attached hydrogens (tertiary/aromatic N) is 1. The summed E-state index contributed by atoms with van der Waals surface area (Å²) in [6.07, 6.45) is 2.56. The van der Waals surface area contributed by atoms with Gasteiger partial charge in [-0.2, -0.15) is 0 Å². The van der Waals surface area contributed by atoms with Gasteiger partial charge in [-0.1, -0.05) is 19.1 Å². The van der Waals surface area contributed by atoms with Crippen molar-refractivity contribution >= 4 is 15.9 Å². The molecule has 0 amide bonds. The minimum absolute atomic E-state index is 0.249. The molecule has 1 atom stereocenters. The first kappa shape index (κ1) is 22.1. The molecule has 1 aliphatic rings. The number of hydrogen-bond acceptors (Lipinski definition) is 4. The summed E-state index contributed by atoms with van der Waals surface area (Å²) in [6, 6.07) is 11.1. The Morgan fingerprint density at radius 3 is 2.66 bits per heavy atom. The number of rotatable bonds is 10. The van der Waals surface area contributed by atoms with Crippen LogP contribution >= 0.6 is 15.9 Å². The quantitative estimate of drug-likeness (QED) is 0.527. The number of nitrogens with one attached hydrogen (secondary N) is 1. The van der Waals surface area contributed by atoms with Crippen LogP contribution in [0.4, 0.5) is 4.39 Å². The van der Waals surface area contributed by atoms with Gasteiger partial charge in [0.05, 0.1) is 11.1 Å². The van der Waals surface area contributed by atoms with E-state index in [-0.39, 0.29) is 5.82 Å². The Hall–Kier alpha value is -1.63. The van der Waals surface area contributed by atoms with E-state index >= 15 is 0 Å². The minimum atomic E-state index is -0.249. The van der Waals surface area contributed by atoms with Crippen LogP contribution in [0.1, 0.15) is 37.8 Å². The monoisotopic (exact) mass is 464 g/mol. The van der Waals surface area contributed by atoms with Crippen LogP contribution in [-0.2, 0) is 13.2 Å². The summed E-state index contributed by atoms with van der Waals surface area (Å²) in [7, 11) is 0. The zero-order valence-corrected chi connectivity index (χ0v) is 18.8. The van der Waals surface area contributed by atoms with Crippen LogP contribution in [0.15, 0.2) is 40.9 Å². The molecular weight excluding hydrogens is 435 g/mol. The predicted molar refractivity (Wildman–Crippen MR) is 118 cm³/mol. The Morgan fingerprint density at radius 2 is 1.93 bits per heavy atom. The second kappa shape index (κ2) is 11.0. The molecular formula is C23H30BrFN2O2. The van der Waals surface area contributed by atoms with Crippen LogP contribution in [0.5, 0.6) is 11.5 Å². The molecule has 1 unspecified atom stereocenters. The fourth-order valence-corrected chi connectivity index (χ4v) is 4.39. The van der Waals surface area contributed by atoms with Crippen molar-refractivity contribution in [1.82, 2.24) is 10.2 Å². The minimum Gasteiger partial charge on any atom is -0.490 e. The molecule has 0 saturated carbocycles. The van der Waals surface area contributed by atoms with Crippen molar-refractivity contribution in [2.45, 2.75) is 45.9 Å². The molecule has 1 heterocycles. The topological polar surface area (TPSA) is 33.7 Å². The van der Waals surface area contributed by atoms with Crippen molar-refractivity contribution in [1.29, 1.82) is 0 Å². The summed E-state index contributed by atoms with van der Waals surface area (Å²) in [6.45, 7) is 9.21. The highest BCUT2D eigenvalue weighted by molar-refractivity contribution is 9.10. The molecule has 1 fully saturated rings. The summed E-state index contributed by atoms with van der Waals surface area (Å²) in [4.78, 5) is 2.54. The van der Waals surface area contributed by atoms with Crippen molar-refractivity contribution in [3.63, 3.8) is 0 Å². The molecule has 1 aliphatic heterocycles. The number of ether oxygens (including phenoxy) is 2. The summed E-state index contributed by atoms with van der Waals surface area (Å²) in [5, 5.41) is 3.59. The molecule has 29 heavy (non-hydrogen) atoms. The largest absolute Gasteiger partial charge is 0.490 e. The maximum atomic E-state index is 13.1. The lowest BCUT2D eigenvalue weighted by atomic mass is 10.1. The lowest BCUT2D eigenvalue weighted by Crippen LogP contribution is -2.37. The zero-order valence-electron chi connectivity index (χ0n) is 17.2. The predicted octanol–water partition coefficient (Wildman–Crippen LogP) is 5.14. The highest BCUT2D eigenvalue weighted by atomic mass is 79.9. The summed E-state index contributed by atoms with van der Waals surface area (Å²) < 4.78 is 25.8. The third-order valence-electron chi connectivity index (χ3n) is 5.28. The Morgan fingerprint density at radius 1 is 1.14 bits per heavy atom. The van der Waals surface area contributed by atoms with Gasteiger partial charge in [-0.25, -0.2) is 4.39 Å². The highest BCUT2D eigenvalue weighted by Gasteiger charge is 2.22. The van der Waals surface area contributed by atoms with E-state index < -0.39 is 0 Å². The molecule has 0 aromatic heterocycles. The smallest absolute Gasteiger partial charge is 0.175 e. The van der Waals surface area contributed by atoms with E-state index in [2.05, 4.69) is 39.1 Å². The van der Waals surface area contributed by atoms with E-state index in [1.807, 2.05) is 13.0 Å². The fourth-order valence-electron chi connectivity index (χ4n) is 3.79. The van der Waals surface area contributed by atoms with Crippen LogP contribution < -0.4 is 14.8 Å². The van der Waals surface area contributed by atoms with Gasteiger partial charge >= 0.3 is 0 Å². The molecule has 2 aromatic rings. The van der Waals surface area contributed by atoms with E-state index in [1.165, 1.54) is 31.5 Å². The number of likely N-dealkylation sites (N-methyl/N-ethyl adjacent to an activating group) is 1. The first-order chi connectivity index (χ1) is 14.1. The first-order valence-corrected chi connectivity index (χ1v) is 11.2. The van der Waals surface area contributed by atoms with Crippen molar-refractivity contribution in [2.75, 3.05) is 26.2 Å². The summed E-state index contributed by atoms with van der Waals surface area (Å²) >= 11 is 3.63. The third kappa shape index (κ3) is 6.17. The second-order valence-corrected chi connectivity index (χ2v) is 8.16. The van der Waals surface area contributed by atoms with E-state index in [9.17, 15) is 4.39 Å². The van der Waals surface area contributed by atoms with Crippen LogP contribution in [0, 0.1) is 5.82 Å². The normalized spacial score (nSPS) is 16.9. The maximum Gasteiger partial charge on any atom is 0.175 e. The molecule has 0 radical (unpaired) electrons. The molecule has 6 heteroatoms. The van der Waals surface area contributed by atoms with Gasteiger partial charge in [0.2, 0.25) is 0 Å². The number of halogens is 2. The van der Waals surface area contributed by atoms with Gasteiger partial charge in [-0.3, -0.25) is 4.90 Å². The van der Waals surface area contributed by atoms with Crippen LogP contribution in [-0.4, -0.2) is 37.2 Å². The lowest BCUT2D eigenvalue weighted by molar-refractivity contribution is 0.259. The van der Waals surface area contributed by atoms with Crippen LogP contribution in [0.25, 0.3) is 0 Å². The van der Waals surface area contributed by atoms with Gasteiger partial charge in [-0.05, 0) is 84.2 Å². The number of hydrogen-bond donors (Lipinski definition) is 1. The van der Waals surface area contributed by atoms with Gasteiger partial charge in [-0.15, -0.1) is 0 Å². The molecule has 2 aromatic carbocycles. The molecule has 158 valence electrons. The van der Waals surface area contributed by atoms with Gasteiger partial charge in [0, 0.05) is 19.1 Å². The average molecular weight is 465 g/mol. The molecule has 0 aliphatic carbocycles. The summed E-state index contributed by atoms with van der Waals surface area (Å²) in [5.41, 5.74) is 2.05. The molecule has 0 spiro atoms. The number of likely N-dealkylation sites (tertiary alicyclic amines) is 1. The number of benzene rings is 2. The second-order valence-electron chi connectivity index (χ2n) is 7.31. The third-order valence-corrected chi connectivity index (χ3v) is 5.87. The van der Waals surface area contributed by atoms with Gasteiger partial charge in [0.15, 0.2) is 11.5 Å². The van der Waals surface area contributed by atoms with Crippen LogP contribution in [0.3, 0.4) is 0 Å². The molecule has 1 N–H and O–H groups in total. The Balaban J connectivity index is 1.63. The molecule has 3 rings (SSSR count). The van der Waals surface area contributed by atoms with E-state index in [4.69, 9.17) is 9.47 Å². The first-order valence-electron chi connectivity index (χ1n) is 10.4. The van der Waals surface area contributed by atoms with Crippen LogP contribution in [0.2, 0.25) is 0 Å². The summed E-state index contributed by atoms with van der Waals surface area (Å²) in [5.74, 6) is 1.14. The highest BCUT2D eigenvalue weighted by Crippen LogP contribution is 2.37. The Bertz CT molecular complexity index is 785. The zero-order chi connectivity index (χ0) is 20.6. The van der Waals surface area contributed by atoms with Crippen molar-refractivity contribution in [2.24, 2.45) is 0 Å². The molecule has 0 bridgehead atoms. The lowest BCUT2D eigenvalue weighted by Gasteiger charge is -2.23. The Labute approximate surface area is 181 Å². The van der Waals surface area contributed by atoms with Gasteiger partial charge < -0.3 is 14.8 Å². The van der Waals surface area contributed by atoms with E-state index in [0.717, 1.165) is 41.0 Å². The SMILES string of the molecule is CCOc1cc(CNCC2CCCN2CC)cc(Br)c1OCc1ccc(F)cc1. The molecule has 1 saturated heterocycles. The maximum absolute atomic E-state index is 13.1. The average Bonchev–Trinajstić information content (AvgIpc) is 3.16. The fraction of sp³-hybridized carbons (Fsp3) is 0.478. The van der Waals surface area contributed by atoms with Gasteiger partial charge in [0.1, 0.15) is 12.4 Å². The standard InChI is InChI=1S/C23H30BrFN2O2/c1-3-27-11-5-6-20(27)15-26-14-18-12-21(24)23(22(13-18)28-4-2)29-16-17-7-9-19(25)10-8-17/h7-10,12-13,20,26H,3-6,11,14-16H2,1-2H3. The van der Waals surface area contributed by atoms with Crippen molar-refractivity contribution in [3.05, 3.63) is 57.8 Å². The Kier molecular flexibility index (Phi) is 8.33. The van der Waals surface area contributed by atoms with Crippen molar-refractivity contribution < 1.29 is 13.9 Å².